The lowest BCUT2D eigenvalue weighted by molar-refractivity contribution is -0.306. The van der Waals surface area contributed by atoms with E-state index in [1.54, 1.807) is 42.5 Å². The molecule has 27 heteroatoms. The maximum absolute atomic E-state index is 13.1. The summed E-state index contributed by atoms with van der Waals surface area (Å²) in [5.74, 6) is 0.361. The van der Waals surface area contributed by atoms with E-state index >= 15 is 0 Å². The Morgan fingerprint density at radius 2 is 1.11 bits per heavy atom. The number of rotatable bonds is 19. The van der Waals surface area contributed by atoms with Gasteiger partial charge in [-0.2, -0.15) is 11.8 Å². The molecule has 5 aliphatic rings. The van der Waals surface area contributed by atoms with Crippen molar-refractivity contribution in [2.45, 2.75) is 136 Å². The van der Waals surface area contributed by atoms with Crippen LogP contribution in [0, 0.1) is 0 Å². The van der Waals surface area contributed by atoms with Crippen LogP contribution in [0.5, 0.6) is 0 Å². The van der Waals surface area contributed by atoms with Crippen molar-refractivity contribution in [1.82, 2.24) is 21.3 Å². The summed E-state index contributed by atoms with van der Waals surface area (Å²) in [6, 6.07) is 7.73. The monoisotopic (exact) mass is 1070 g/mol. The van der Waals surface area contributed by atoms with E-state index in [0.717, 1.165) is 5.56 Å². The van der Waals surface area contributed by atoms with Crippen molar-refractivity contribution in [2.24, 2.45) is 34.4 Å². The van der Waals surface area contributed by atoms with Crippen LogP contribution in [-0.2, 0) is 35.0 Å². The summed E-state index contributed by atoms with van der Waals surface area (Å²) in [5.41, 5.74) is 39.1. The molecular formula is C45H68N10O14S3. The van der Waals surface area contributed by atoms with E-state index in [1.807, 2.05) is 0 Å². The van der Waals surface area contributed by atoms with E-state index < -0.39 is 116 Å². The van der Waals surface area contributed by atoms with Crippen molar-refractivity contribution in [1.29, 1.82) is 0 Å². The molecule has 24 nitrogen and oxygen atoms in total. The van der Waals surface area contributed by atoms with Crippen LogP contribution in [0.4, 0.5) is 0 Å². The lowest BCUT2D eigenvalue weighted by Gasteiger charge is -2.47. The predicted molar refractivity (Wildman–Crippen MR) is 269 cm³/mol. The van der Waals surface area contributed by atoms with Crippen LogP contribution in [0.25, 0.3) is 0 Å². The predicted octanol–water partition coefficient (Wildman–Crippen LogP) is -5.86. The lowest BCUT2D eigenvalue weighted by Crippen LogP contribution is -2.68. The molecule has 4 fully saturated rings. The number of fused-ring (bicyclic) bond motifs is 2. The van der Waals surface area contributed by atoms with Crippen LogP contribution in [0.1, 0.15) is 50.2 Å². The van der Waals surface area contributed by atoms with Gasteiger partial charge in [0, 0.05) is 85.1 Å². The topological polar surface area (TPSA) is 415 Å². The van der Waals surface area contributed by atoms with Crippen LogP contribution in [0.15, 0.2) is 42.5 Å². The molecule has 1 saturated carbocycles. The number of thiocarbonyl (C=S) groups is 2. The molecule has 19 atom stereocenters. The molecule has 3 saturated heterocycles. The summed E-state index contributed by atoms with van der Waals surface area (Å²) in [5, 5.41) is 78.8. The second kappa shape index (κ2) is 25.6. The third-order valence-electron chi connectivity index (χ3n) is 13.4. The van der Waals surface area contributed by atoms with Crippen molar-refractivity contribution in [2.75, 3.05) is 44.2 Å². The molecule has 0 radical (unpaired) electrons. The number of hydrogen-bond donors (Lipinski definition) is 16. The van der Waals surface area contributed by atoms with Gasteiger partial charge in [0.1, 0.15) is 61.0 Å². The fourth-order valence-electron chi connectivity index (χ4n) is 9.22. The number of ketones is 2. The van der Waals surface area contributed by atoms with Gasteiger partial charge in [-0.15, -0.1) is 0 Å². The minimum atomic E-state index is -1.57. The molecule has 0 amide bonds. The number of aliphatic hydroxyl groups excluding tert-OH is 6. The first kappa shape index (κ1) is 56.5. The molecule has 7 rings (SSSR count). The molecule has 0 spiro atoms. The third-order valence-corrected chi connectivity index (χ3v) is 15.0. The number of nitrogens with two attached hydrogens (primary N) is 6. The van der Waals surface area contributed by atoms with E-state index in [9.17, 15) is 40.2 Å². The van der Waals surface area contributed by atoms with Crippen LogP contribution >= 0.6 is 36.2 Å². The first-order valence-corrected chi connectivity index (χ1v) is 25.8. The van der Waals surface area contributed by atoms with Gasteiger partial charge in [0.15, 0.2) is 40.7 Å². The Bertz CT molecular complexity index is 2190. The number of aliphatic hydroxyl groups is 6. The van der Waals surface area contributed by atoms with Crippen molar-refractivity contribution >= 4 is 58.0 Å². The molecule has 2 aromatic carbocycles. The van der Waals surface area contributed by atoms with E-state index in [4.69, 9.17) is 87.3 Å². The van der Waals surface area contributed by atoms with Crippen LogP contribution < -0.4 is 55.7 Å². The largest absolute Gasteiger partial charge is 0.389 e. The van der Waals surface area contributed by atoms with Gasteiger partial charge in [-0.1, -0.05) is 30.3 Å². The maximum atomic E-state index is 13.1. The first-order chi connectivity index (χ1) is 34.4. The van der Waals surface area contributed by atoms with E-state index in [0.29, 0.717) is 70.8 Å². The number of hydrogen-bond acceptors (Lipinski definition) is 23. The van der Waals surface area contributed by atoms with Crippen molar-refractivity contribution in [3.63, 3.8) is 0 Å². The van der Waals surface area contributed by atoms with E-state index in [1.165, 1.54) is 11.8 Å². The average molecular weight is 1070 g/mol. The quantitative estimate of drug-likeness (QED) is 0.0393. The highest BCUT2D eigenvalue weighted by Crippen LogP contribution is 2.36. The zero-order valence-corrected chi connectivity index (χ0v) is 41.7. The normalized spacial score (nSPS) is 36.6. The van der Waals surface area contributed by atoms with Gasteiger partial charge >= 0.3 is 0 Å². The number of carbonyl (C=O) groups excluding carboxylic acids is 2. The molecule has 1 unspecified atom stereocenters. The van der Waals surface area contributed by atoms with Gasteiger partial charge < -0.3 is 115 Å². The van der Waals surface area contributed by atoms with Crippen molar-refractivity contribution in [3.05, 3.63) is 70.3 Å². The summed E-state index contributed by atoms with van der Waals surface area (Å²) in [6.45, 7) is 1.51. The summed E-state index contributed by atoms with van der Waals surface area (Å²) >= 11 is 12.3. The molecular weight excluding hydrogens is 1000 g/mol. The minimum absolute atomic E-state index is 0.0781. The van der Waals surface area contributed by atoms with Gasteiger partial charge in [-0.3, -0.25) is 9.59 Å². The highest BCUT2D eigenvalue weighted by molar-refractivity contribution is 7.99. The molecule has 3 heterocycles. The van der Waals surface area contributed by atoms with Gasteiger partial charge in [0.2, 0.25) is 0 Å². The molecule has 2 aliphatic carbocycles. The van der Waals surface area contributed by atoms with E-state index in [2.05, 4.69) is 21.3 Å². The van der Waals surface area contributed by atoms with Gasteiger partial charge in [-0.05, 0) is 55.0 Å². The zero-order valence-electron chi connectivity index (χ0n) is 39.2. The molecule has 0 aromatic heterocycles. The third kappa shape index (κ3) is 12.9. The Balaban J connectivity index is 0.875. The highest BCUT2D eigenvalue weighted by Gasteiger charge is 2.54. The maximum Gasteiger partial charge on any atom is 0.194 e. The lowest BCUT2D eigenvalue weighted by atomic mass is 9.83. The second-order valence-electron chi connectivity index (χ2n) is 18.4. The Kier molecular flexibility index (Phi) is 20.1. The van der Waals surface area contributed by atoms with E-state index in [-0.39, 0.29) is 36.8 Å². The van der Waals surface area contributed by atoms with Gasteiger partial charge in [-0.25, -0.2) is 0 Å². The molecule has 0 bridgehead atoms. The van der Waals surface area contributed by atoms with Crippen LogP contribution in [0.3, 0.4) is 0 Å². The fraction of sp³-hybridized carbons (Fsp3) is 0.644. The van der Waals surface area contributed by atoms with Crippen molar-refractivity contribution < 1.29 is 68.6 Å². The first-order valence-electron chi connectivity index (χ1n) is 23.8. The summed E-state index contributed by atoms with van der Waals surface area (Å²) in [7, 11) is 0. The highest BCUT2D eigenvalue weighted by atomic mass is 32.2. The average Bonchev–Trinajstić information content (AvgIpc) is 3.66. The van der Waals surface area contributed by atoms with Crippen molar-refractivity contribution in [3.8, 4) is 0 Å². The molecule has 400 valence electrons. The number of carbonyl (C=O) groups is 2. The smallest absolute Gasteiger partial charge is 0.194 e. The second-order valence-corrected chi connectivity index (χ2v) is 20.3. The van der Waals surface area contributed by atoms with Gasteiger partial charge in [0.25, 0.3) is 0 Å². The summed E-state index contributed by atoms with van der Waals surface area (Å²) in [4.78, 5) is 26.0. The standard InChI is InChI=1S/C45H68N10O14S3/c46-14-25-33(59)35(61)28(50)41(64-25)67-38-24(49)13-23(48)32(58)40(38)69-43-37(63)39(68-42-29(51)36(62)34(60)26(15-47)65-42)27(66-43)17-72-11-10-54-44(70)52-8-3-9-53-45(71)55-16-18-6-7-21-22(12-18)31(57)20-5-2-1-4-19(20)30(21)56/h1-2,4-7,12,23-29,32-43,58-63H,3,8-11,13-17,46-51H2,(H2,52,54,70)(H2,53,55,71)/t23-,24+,25-,26?,27-,28-,29-,32+,33-,34-,35-,36-,37-,38-,39-,40-,41-,42-,43+/m1/s1. The molecule has 72 heavy (non-hydrogen) atoms. The Morgan fingerprint density at radius 3 is 1.71 bits per heavy atom. The summed E-state index contributed by atoms with van der Waals surface area (Å²) in [6.07, 6.45) is -18.9. The number of nitrogens with one attached hydrogen (secondary N) is 4. The minimum Gasteiger partial charge on any atom is -0.389 e. The Labute approximate surface area is 430 Å². The number of thioether (sulfide) groups is 1. The molecule has 3 aliphatic heterocycles. The molecule has 2 aromatic rings. The van der Waals surface area contributed by atoms with Gasteiger partial charge in [0.05, 0.1) is 24.3 Å². The fourth-order valence-corrected chi connectivity index (χ4v) is 10.5. The summed E-state index contributed by atoms with van der Waals surface area (Å²) < 4.78 is 36.5. The number of benzene rings is 2. The van der Waals surface area contributed by atoms with Crippen LogP contribution in [0.2, 0.25) is 0 Å². The molecule has 22 N–H and O–H groups in total. The zero-order chi connectivity index (χ0) is 52.0. The van der Waals surface area contributed by atoms with Crippen LogP contribution in [-0.4, -0.2) is 213 Å². The SMILES string of the molecule is NCC1O[C@H](O[C@H]2[C@@H](O)[C@H](O[C@@H]3[C@@H](O)[C@H](N)C[C@H](N)[C@H]3O[C@H]3O[C@H](CN)[C@@H](O)[C@H](O)[C@H]3N)O[C@@H]2CSCCNC(=S)NCCCNC(=S)NCc2ccc3c(c2)C(=O)c2ccccc2C3=O)[C@H](N)[C@@H](O)[C@@H]1O. The Hall–Kier alpha value is -3.21. The Morgan fingerprint density at radius 1 is 0.597 bits per heavy atom. The number of ether oxygens (including phenoxy) is 6.